The highest BCUT2D eigenvalue weighted by atomic mass is 19.4. The summed E-state index contributed by atoms with van der Waals surface area (Å²) in [5, 5.41) is 1.05. The first kappa shape index (κ1) is 18.7. The fourth-order valence-electron chi connectivity index (χ4n) is 1.41. The summed E-state index contributed by atoms with van der Waals surface area (Å²) in [5.74, 6) is -14.3. The number of nitrogens with one attached hydrogen (secondary N) is 1. The van der Waals surface area contributed by atoms with E-state index in [4.69, 9.17) is 0 Å². The molecule has 1 aromatic carbocycles. The number of alkyl halides is 3. The van der Waals surface area contributed by atoms with Crippen molar-refractivity contribution in [3.8, 4) is 0 Å². The van der Waals surface area contributed by atoms with Crippen molar-refractivity contribution >= 4 is 11.6 Å². The maximum absolute atomic E-state index is 13.3. The molecule has 1 amide bonds. The third-order valence-electron chi connectivity index (χ3n) is 2.39. The highest BCUT2D eigenvalue weighted by molar-refractivity contribution is 6.04. The molecule has 11 heteroatoms. The summed E-state index contributed by atoms with van der Waals surface area (Å²) in [6.07, 6.45) is -4.94. The molecule has 0 heterocycles. The number of carbonyl (C=O) groups excluding carboxylic acids is 1. The number of rotatable bonds is 3. The molecule has 0 saturated carbocycles. The Kier molecular flexibility index (Phi) is 5.23. The lowest BCUT2D eigenvalue weighted by Crippen LogP contribution is -2.28. The van der Waals surface area contributed by atoms with E-state index in [9.17, 15) is 39.9 Å². The number of hydrogen-bond donors (Lipinski definition) is 1. The van der Waals surface area contributed by atoms with E-state index in [2.05, 4.69) is 0 Å². The van der Waals surface area contributed by atoms with Crippen molar-refractivity contribution in [1.29, 1.82) is 0 Å². The van der Waals surface area contributed by atoms with Crippen molar-refractivity contribution in [2.75, 3.05) is 19.4 Å². The van der Waals surface area contributed by atoms with Gasteiger partial charge in [0.05, 0.1) is 0 Å². The molecule has 1 N–H and O–H groups in total. The summed E-state index contributed by atoms with van der Waals surface area (Å²) in [4.78, 5) is 12.3. The van der Waals surface area contributed by atoms with Crippen LogP contribution >= 0.6 is 0 Å². The molecule has 1 rings (SSSR count). The summed E-state index contributed by atoms with van der Waals surface area (Å²) < 4.78 is 103. The smallest absolute Gasteiger partial charge is 0.383 e. The SMILES string of the molecule is CN(C)C=C(C(=O)Nc1c(F)c(F)c(F)c(F)c1F)C(F)(F)F. The van der Waals surface area contributed by atoms with E-state index in [1.54, 1.807) is 0 Å². The zero-order valence-corrected chi connectivity index (χ0v) is 11.5. The molecular weight excluding hydrogens is 340 g/mol. The monoisotopic (exact) mass is 348 g/mol. The molecule has 0 saturated heterocycles. The van der Waals surface area contributed by atoms with Crippen molar-refractivity contribution in [3.63, 3.8) is 0 Å². The second-order valence-corrected chi connectivity index (χ2v) is 4.40. The minimum atomic E-state index is -5.22. The van der Waals surface area contributed by atoms with E-state index in [0.717, 1.165) is 24.3 Å². The molecular formula is C12H8F8N2O. The Labute approximate surface area is 124 Å². The summed E-state index contributed by atoms with van der Waals surface area (Å²) in [7, 11) is 2.24. The maximum atomic E-state index is 13.3. The second kappa shape index (κ2) is 6.42. The van der Waals surface area contributed by atoms with Gasteiger partial charge in [-0.3, -0.25) is 4.79 Å². The molecule has 3 nitrogen and oxygen atoms in total. The predicted molar refractivity (Wildman–Crippen MR) is 62.7 cm³/mol. The van der Waals surface area contributed by atoms with Crippen LogP contribution in [0.1, 0.15) is 0 Å². The highest BCUT2D eigenvalue weighted by Gasteiger charge is 2.40. The molecule has 23 heavy (non-hydrogen) atoms. The van der Waals surface area contributed by atoms with Crippen molar-refractivity contribution < 1.29 is 39.9 Å². The van der Waals surface area contributed by atoms with Crippen LogP contribution in [0, 0.1) is 29.1 Å². The molecule has 0 spiro atoms. The van der Waals surface area contributed by atoms with E-state index < -0.39 is 52.4 Å². The highest BCUT2D eigenvalue weighted by Crippen LogP contribution is 2.30. The lowest BCUT2D eigenvalue weighted by Gasteiger charge is -2.16. The number of anilines is 1. The van der Waals surface area contributed by atoms with Crippen LogP contribution in [0.25, 0.3) is 0 Å². The zero-order chi connectivity index (χ0) is 18.1. The van der Waals surface area contributed by atoms with Gasteiger partial charge >= 0.3 is 6.18 Å². The largest absolute Gasteiger partial charge is 0.423 e. The summed E-state index contributed by atoms with van der Waals surface area (Å²) in [6, 6.07) is 0. The van der Waals surface area contributed by atoms with Gasteiger partial charge in [0, 0.05) is 20.3 Å². The van der Waals surface area contributed by atoms with Gasteiger partial charge < -0.3 is 10.2 Å². The minimum Gasteiger partial charge on any atom is -0.383 e. The molecule has 0 bridgehead atoms. The molecule has 0 aliphatic heterocycles. The first-order valence-corrected chi connectivity index (χ1v) is 5.66. The van der Waals surface area contributed by atoms with Crippen LogP contribution in [0.5, 0.6) is 0 Å². The molecule has 0 radical (unpaired) electrons. The number of halogens is 8. The van der Waals surface area contributed by atoms with E-state index in [1.165, 1.54) is 0 Å². The van der Waals surface area contributed by atoms with E-state index in [1.807, 2.05) is 0 Å². The van der Waals surface area contributed by atoms with Gasteiger partial charge in [-0.2, -0.15) is 13.2 Å². The van der Waals surface area contributed by atoms with Crippen LogP contribution in [-0.2, 0) is 4.79 Å². The summed E-state index contributed by atoms with van der Waals surface area (Å²) in [5.41, 5.74) is -3.77. The van der Waals surface area contributed by atoms with E-state index >= 15 is 0 Å². The third kappa shape index (κ3) is 3.90. The van der Waals surface area contributed by atoms with Crippen LogP contribution in [0.4, 0.5) is 40.8 Å². The standard InChI is InChI=1S/C12H8F8N2O/c1-22(2)3-4(12(18,19)20)11(23)21-10-8(16)6(14)5(13)7(15)9(10)17/h3H,1-2H3,(H,21,23). The summed E-state index contributed by atoms with van der Waals surface area (Å²) in [6.45, 7) is 0. The van der Waals surface area contributed by atoms with Gasteiger partial charge in [-0.25, -0.2) is 22.0 Å². The Bertz CT molecular complexity index is 637. The predicted octanol–water partition coefficient (Wildman–Crippen LogP) is 3.33. The Morgan fingerprint density at radius 3 is 1.65 bits per heavy atom. The van der Waals surface area contributed by atoms with Gasteiger partial charge in [0.15, 0.2) is 23.3 Å². The van der Waals surface area contributed by atoms with Crippen LogP contribution in [0.15, 0.2) is 11.8 Å². The molecule has 0 unspecified atom stereocenters. The first-order valence-electron chi connectivity index (χ1n) is 5.66. The quantitative estimate of drug-likeness (QED) is 0.393. The Hall–Kier alpha value is -2.33. The van der Waals surface area contributed by atoms with Crippen molar-refractivity contribution in [1.82, 2.24) is 4.90 Å². The molecule has 1 aromatic rings. The van der Waals surface area contributed by atoms with Crippen molar-refractivity contribution in [3.05, 3.63) is 40.9 Å². The van der Waals surface area contributed by atoms with E-state index in [-0.39, 0.29) is 6.20 Å². The number of carbonyl (C=O) groups is 1. The number of amides is 1. The van der Waals surface area contributed by atoms with E-state index in [0.29, 0.717) is 0 Å². The normalized spacial score (nSPS) is 12.3. The second-order valence-electron chi connectivity index (χ2n) is 4.40. The van der Waals surface area contributed by atoms with Gasteiger partial charge in [-0.1, -0.05) is 0 Å². The lowest BCUT2D eigenvalue weighted by molar-refractivity contribution is -0.126. The van der Waals surface area contributed by atoms with Gasteiger partial charge in [-0.05, 0) is 0 Å². The fourth-order valence-corrected chi connectivity index (χ4v) is 1.41. The van der Waals surface area contributed by atoms with Crippen LogP contribution in [0.2, 0.25) is 0 Å². The van der Waals surface area contributed by atoms with Crippen LogP contribution in [-0.4, -0.2) is 31.1 Å². The van der Waals surface area contributed by atoms with Gasteiger partial charge in [0.2, 0.25) is 5.82 Å². The molecule has 128 valence electrons. The Morgan fingerprint density at radius 1 is 0.913 bits per heavy atom. The lowest BCUT2D eigenvalue weighted by atomic mass is 10.2. The molecule has 0 atom stereocenters. The van der Waals surface area contributed by atoms with Crippen LogP contribution in [0.3, 0.4) is 0 Å². The topological polar surface area (TPSA) is 32.3 Å². The third-order valence-corrected chi connectivity index (χ3v) is 2.39. The average Bonchev–Trinajstić information content (AvgIpc) is 2.43. The maximum Gasteiger partial charge on any atom is 0.423 e. The molecule has 0 aliphatic rings. The number of benzene rings is 1. The minimum absolute atomic E-state index is 0.279. The Morgan fingerprint density at radius 2 is 1.30 bits per heavy atom. The Balaban J connectivity index is 3.35. The average molecular weight is 348 g/mol. The van der Waals surface area contributed by atoms with Crippen LogP contribution < -0.4 is 5.32 Å². The zero-order valence-electron chi connectivity index (χ0n) is 11.5. The van der Waals surface area contributed by atoms with Gasteiger partial charge in [-0.15, -0.1) is 0 Å². The molecule has 0 aliphatic carbocycles. The fraction of sp³-hybridized carbons (Fsp3) is 0.250. The van der Waals surface area contributed by atoms with Gasteiger partial charge in [0.25, 0.3) is 5.91 Å². The summed E-state index contributed by atoms with van der Waals surface area (Å²) >= 11 is 0. The van der Waals surface area contributed by atoms with Crippen molar-refractivity contribution in [2.45, 2.75) is 6.18 Å². The molecule has 0 aromatic heterocycles. The number of nitrogens with zero attached hydrogens (tertiary/aromatic N) is 1. The van der Waals surface area contributed by atoms with Gasteiger partial charge in [0.1, 0.15) is 11.3 Å². The van der Waals surface area contributed by atoms with Crippen molar-refractivity contribution in [2.24, 2.45) is 0 Å². The number of hydrogen-bond acceptors (Lipinski definition) is 2. The first-order chi connectivity index (χ1) is 10.4. The molecule has 0 fully saturated rings.